The summed E-state index contributed by atoms with van der Waals surface area (Å²) in [7, 11) is 0. The van der Waals surface area contributed by atoms with Crippen molar-refractivity contribution in [3.8, 4) is 0 Å². The molecule has 1 spiro atoms. The summed E-state index contributed by atoms with van der Waals surface area (Å²) in [4.78, 5) is 14.5. The van der Waals surface area contributed by atoms with E-state index in [1.807, 2.05) is 12.1 Å². The van der Waals surface area contributed by atoms with Crippen LogP contribution >= 0.6 is 11.6 Å². The lowest BCUT2D eigenvalue weighted by Gasteiger charge is -2.40. The van der Waals surface area contributed by atoms with Crippen LogP contribution in [0, 0.1) is 0 Å². The highest BCUT2D eigenvalue weighted by Crippen LogP contribution is 2.51. The molecule has 0 saturated carbocycles. The van der Waals surface area contributed by atoms with Gasteiger partial charge in [-0.15, -0.1) is 0 Å². The number of piperidine rings is 1. The SMILES string of the molecule is CC1CCc2ncnc(N3CC4(CCN(Cc5ccc(Cl)cc5)CC4)c4ccccc43)c21. The van der Waals surface area contributed by atoms with Gasteiger partial charge in [-0.2, -0.15) is 0 Å². The van der Waals surface area contributed by atoms with Crippen molar-refractivity contribution >= 4 is 23.1 Å². The first kappa shape index (κ1) is 20.2. The zero-order valence-corrected chi connectivity index (χ0v) is 19.4. The third kappa shape index (κ3) is 3.32. The molecule has 3 aromatic rings. The first-order valence-electron chi connectivity index (χ1n) is 11.8. The molecule has 2 aliphatic heterocycles. The van der Waals surface area contributed by atoms with E-state index in [1.54, 1.807) is 6.33 Å². The Bertz CT molecular complexity index is 1130. The lowest BCUT2D eigenvalue weighted by atomic mass is 9.74. The van der Waals surface area contributed by atoms with Crippen molar-refractivity contribution in [3.63, 3.8) is 0 Å². The van der Waals surface area contributed by atoms with E-state index < -0.39 is 0 Å². The van der Waals surface area contributed by atoms with Gasteiger partial charge in [0, 0.05) is 40.5 Å². The Kier molecular flexibility index (Phi) is 4.96. The summed E-state index contributed by atoms with van der Waals surface area (Å²) in [5, 5.41) is 0.805. The lowest BCUT2D eigenvalue weighted by Crippen LogP contribution is -2.44. The number of nitrogens with zero attached hydrogens (tertiary/aromatic N) is 4. The van der Waals surface area contributed by atoms with Crippen molar-refractivity contribution in [1.82, 2.24) is 14.9 Å². The van der Waals surface area contributed by atoms with Gasteiger partial charge in [0.05, 0.1) is 0 Å². The summed E-state index contributed by atoms with van der Waals surface area (Å²) in [5.41, 5.74) is 7.01. The number of benzene rings is 2. The van der Waals surface area contributed by atoms with Gasteiger partial charge in [-0.05, 0) is 74.0 Å². The van der Waals surface area contributed by atoms with Gasteiger partial charge in [-0.1, -0.05) is 48.9 Å². The van der Waals surface area contributed by atoms with E-state index in [0.717, 1.165) is 43.4 Å². The van der Waals surface area contributed by atoms with Crippen LogP contribution in [0.5, 0.6) is 0 Å². The highest BCUT2D eigenvalue weighted by Gasteiger charge is 2.46. The van der Waals surface area contributed by atoms with Crippen LogP contribution in [-0.2, 0) is 18.4 Å². The second-order valence-electron chi connectivity index (χ2n) is 9.78. The second kappa shape index (κ2) is 7.86. The molecule has 0 amide bonds. The van der Waals surface area contributed by atoms with Gasteiger partial charge in [-0.25, -0.2) is 9.97 Å². The van der Waals surface area contributed by atoms with E-state index in [2.05, 4.69) is 58.1 Å². The molecule has 1 aliphatic carbocycles. The molecule has 4 nitrogen and oxygen atoms in total. The summed E-state index contributed by atoms with van der Waals surface area (Å²) in [6.07, 6.45) is 6.38. The largest absolute Gasteiger partial charge is 0.325 e. The maximum Gasteiger partial charge on any atom is 0.140 e. The van der Waals surface area contributed by atoms with Crippen LogP contribution in [-0.4, -0.2) is 34.5 Å². The van der Waals surface area contributed by atoms with Crippen LogP contribution in [0.4, 0.5) is 11.5 Å². The molecular formula is C27H29ClN4. The summed E-state index contributed by atoms with van der Waals surface area (Å²) in [6, 6.07) is 17.3. The number of aryl methyl sites for hydroxylation is 1. The molecule has 5 heteroatoms. The van der Waals surface area contributed by atoms with Gasteiger partial charge < -0.3 is 4.90 Å². The number of halogens is 1. The van der Waals surface area contributed by atoms with Gasteiger partial charge >= 0.3 is 0 Å². The predicted molar refractivity (Wildman–Crippen MR) is 130 cm³/mol. The lowest BCUT2D eigenvalue weighted by molar-refractivity contribution is 0.160. The zero-order chi connectivity index (χ0) is 21.7. The van der Waals surface area contributed by atoms with Crippen LogP contribution in [0.25, 0.3) is 0 Å². The number of hydrogen-bond donors (Lipinski definition) is 0. The van der Waals surface area contributed by atoms with E-state index in [-0.39, 0.29) is 5.41 Å². The maximum absolute atomic E-state index is 6.07. The van der Waals surface area contributed by atoms with Crippen LogP contribution in [0.3, 0.4) is 0 Å². The van der Waals surface area contributed by atoms with Crippen LogP contribution in [0.1, 0.15) is 54.5 Å². The molecule has 1 aromatic heterocycles. The van der Waals surface area contributed by atoms with Crippen molar-refractivity contribution in [1.29, 1.82) is 0 Å². The minimum Gasteiger partial charge on any atom is -0.325 e. The highest BCUT2D eigenvalue weighted by molar-refractivity contribution is 6.30. The highest BCUT2D eigenvalue weighted by atomic mass is 35.5. The standard InChI is InChI=1S/C27H29ClN4/c1-19-6-11-23-25(19)26(30-18-29-23)32-17-27(22-4-2-3-5-24(22)32)12-14-31(15-13-27)16-20-7-9-21(28)10-8-20/h2-5,7-10,18-19H,6,11-17H2,1H3. The molecule has 3 heterocycles. The summed E-state index contributed by atoms with van der Waals surface area (Å²) in [6.45, 7) is 6.57. The summed E-state index contributed by atoms with van der Waals surface area (Å²) < 4.78 is 0. The van der Waals surface area contributed by atoms with Gasteiger partial charge in [0.15, 0.2) is 0 Å². The molecule has 1 fully saturated rings. The smallest absolute Gasteiger partial charge is 0.140 e. The minimum atomic E-state index is 0.201. The normalized spacial score (nSPS) is 21.7. The molecule has 3 aliphatic rings. The Morgan fingerprint density at radius 1 is 1.03 bits per heavy atom. The fourth-order valence-electron chi connectivity index (χ4n) is 6.07. The first-order valence-corrected chi connectivity index (χ1v) is 12.2. The molecule has 1 saturated heterocycles. The van der Waals surface area contributed by atoms with Crippen molar-refractivity contribution in [2.75, 3.05) is 24.5 Å². The topological polar surface area (TPSA) is 32.3 Å². The molecule has 0 N–H and O–H groups in total. The zero-order valence-electron chi connectivity index (χ0n) is 18.6. The third-order valence-corrected chi connectivity index (χ3v) is 8.12. The third-order valence-electron chi connectivity index (χ3n) is 7.87. The maximum atomic E-state index is 6.07. The van der Waals surface area contributed by atoms with Crippen LogP contribution < -0.4 is 4.90 Å². The van der Waals surface area contributed by atoms with Crippen LogP contribution in [0.15, 0.2) is 54.9 Å². The molecule has 2 aromatic carbocycles. The van der Waals surface area contributed by atoms with Crippen molar-refractivity contribution in [3.05, 3.63) is 82.3 Å². The minimum absolute atomic E-state index is 0.201. The Morgan fingerprint density at radius 2 is 1.81 bits per heavy atom. The number of hydrogen-bond acceptors (Lipinski definition) is 4. The van der Waals surface area contributed by atoms with Crippen LogP contribution in [0.2, 0.25) is 5.02 Å². The van der Waals surface area contributed by atoms with E-state index in [9.17, 15) is 0 Å². The van der Waals surface area contributed by atoms with Crippen molar-refractivity contribution in [2.45, 2.75) is 50.5 Å². The molecule has 1 atom stereocenters. The fourth-order valence-corrected chi connectivity index (χ4v) is 6.20. The molecule has 164 valence electrons. The molecule has 0 bridgehead atoms. The average Bonchev–Trinajstić information content (AvgIpc) is 3.36. The number of aromatic nitrogens is 2. The second-order valence-corrected chi connectivity index (χ2v) is 10.2. The first-order chi connectivity index (χ1) is 15.6. The number of para-hydroxylation sites is 1. The van der Waals surface area contributed by atoms with E-state index >= 15 is 0 Å². The number of fused-ring (bicyclic) bond motifs is 3. The number of likely N-dealkylation sites (tertiary alicyclic amines) is 1. The van der Waals surface area contributed by atoms with Gasteiger partial charge in [-0.3, -0.25) is 4.90 Å². The predicted octanol–water partition coefficient (Wildman–Crippen LogP) is 5.87. The molecule has 6 rings (SSSR count). The quantitative estimate of drug-likeness (QED) is 0.506. The van der Waals surface area contributed by atoms with Gasteiger partial charge in [0.25, 0.3) is 0 Å². The summed E-state index contributed by atoms with van der Waals surface area (Å²) in [5.74, 6) is 1.68. The Hall–Kier alpha value is -2.43. The monoisotopic (exact) mass is 444 g/mol. The van der Waals surface area contributed by atoms with E-state index in [0.29, 0.717) is 5.92 Å². The Morgan fingerprint density at radius 3 is 2.62 bits per heavy atom. The Balaban J connectivity index is 1.27. The van der Waals surface area contributed by atoms with Crippen molar-refractivity contribution < 1.29 is 0 Å². The Labute approximate surface area is 195 Å². The van der Waals surface area contributed by atoms with E-state index in [1.165, 1.54) is 47.3 Å². The average molecular weight is 445 g/mol. The molecule has 0 radical (unpaired) electrons. The van der Waals surface area contributed by atoms with E-state index in [4.69, 9.17) is 16.6 Å². The van der Waals surface area contributed by atoms with Crippen molar-refractivity contribution in [2.24, 2.45) is 0 Å². The number of rotatable bonds is 3. The van der Waals surface area contributed by atoms with Gasteiger partial charge in [0.1, 0.15) is 12.1 Å². The fraction of sp³-hybridized carbons (Fsp3) is 0.407. The molecule has 1 unspecified atom stereocenters. The van der Waals surface area contributed by atoms with Gasteiger partial charge in [0.2, 0.25) is 0 Å². The number of anilines is 2. The molecular weight excluding hydrogens is 416 g/mol. The summed E-state index contributed by atoms with van der Waals surface area (Å²) >= 11 is 6.07. The molecule has 32 heavy (non-hydrogen) atoms.